The molecule has 0 aliphatic carbocycles. The first-order valence-electron chi connectivity index (χ1n) is 7.14. The second kappa shape index (κ2) is 7.65. The highest BCUT2D eigenvalue weighted by atomic mass is 35.5. The fraction of sp³-hybridized carbons (Fsp3) is 0.400. The summed E-state index contributed by atoms with van der Waals surface area (Å²) in [6, 6.07) is 6.69. The van der Waals surface area contributed by atoms with E-state index in [0.29, 0.717) is 22.4 Å². The number of nitrogens with one attached hydrogen (secondary N) is 1. The third-order valence-electron chi connectivity index (χ3n) is 3.07. The molecule has 22 heavy (non-hydrogen) atoms. The van der Waals surface area contributed by atoms with Crippen LogP contribution >= 0.6 is 23.4 Å². The minimum Gasteiger partial charge on any atom is -0.365 e. The molecule has 1 N–H and O–H groups in total. The highest BCUT2D eigenvalue weighted by Crippen LogP contribution is 2.30. The van der Waals surface area contributed by atoms with E-state index in [1.807, 2.05) is 13.8 Å². The Balaban J connectivity index is 2.14. The van der Waals surface area contributed by atoms with E-state index >= 15 is 0 Å². The third kappa shape index (κ3) is 3.81. The molecule has 1 aliphatic rings. The maximum atomic E-state index is 12.5. The van der Waals surface area contributed by atoms with Crippen molar-refractivity contribution in [2.75, 3.05) is 18.0 Å². The minimum absolute atomic E-state index is 0.181. The van der Waals surface area contributed by atoms with E-state index in [0.717, 1.165) is 6.54 Å². The Kier molecular flexibility index (Phi) is 5.85. The first-order chi connectivity index (χ1) is 10.6. The molecular weight excluding hydrogens is 322 g/mol. The van der Waals surface area contributed by atoms with Crippen LogP contribution in [-0.2, 0) is 9.59 Å². The number of nitrogens with zero attached hydrogens (tertiary/aromatic N) is 2. The highest BCUT2D eigenvalue weighted by molar-refractivity contribution is 8.15. The smallest absolute Gasteiger partial charge is 0.247 e. The monoisotopic (exact) mass is 339 g/mol. The molecule has 0 aromatic heterocycles. The molecule has 1 atom stereocenters. The van der Waals surface area contributed by atoms with Crippen LogP contribution < -0.4 is 10.2 Å². The van der Waals surface area contributed by atoms with Crippen LogP contribution in [0.5, 0.6) is 0 Å². The number of carbonyl (C=O) groups is 2. The number of halogens is 1. The van der Waals surface area contributed by atoms with Gasteiger partial charge in [-0.2, -0.15) is 0 Å². The van der Waals surface area contributed by atoms with Gasteiger partial charge in [-0.1, -0.05) is 23.4 Å². The number of carbonyl (C=O) groups excluding carboxylic acids is 2. The summed E-state index contributed by atoms with van der Waals surface area (Å²) in [5.74, 6) is -0.406. The predicted octanol–water partition coefficient (Wildman–Crippen LogP) is 2.69. The van der Waals surface area contributed by atoms with Crippen molar-refractivity contribution in [1.29, 1.82) is 0 Å². The molecule has 0 radical (unpaired) electrons. The molecule has 5 nitrogen and oxygen atoms in total. The Labute approximate surface area is 139 Å². The van der Waals surface area contributed by atoms with E-state index in [2.05, 4.69) is 10.3 Å². The predicted molar refractivity (Wildman–Crippen MR) is 91.6 cm³/mol. The molecule has 1 aliphatic heterocycles. The maximum Gasteiger partial charge on any atom is 0.247 e. The Bertz CT molecular complexity index is 589. The number of amides is 2. The number of benzene rings is 1. The number of thioether (sulfide) groups is 1. The van der Waals surface area contributed by atoms with Gasteiger partial charge in [0.15, 0.2) is 5.17 Å². The molecule has 2 amide bonds. The average molecular weight is 340 g/mol. The molecule has 1 heterocycles. The van der Waals surface area contributed by atoms with Crippen molar-refractivity contribution >= 4 is 46.0 Å². The van der Waals surface area contributed by atoms with Gasteiger partial charge in [0.2, 0.25) is 11.8 Å². The lowest BCUT2D eigenvalue weighted by Gasteiger charge is -2.15. The van der Waals surface area contributed by atoms with E-state index in [4.69, 9.17) is 11.6 Å². The number of hydrogen-bond donors (Lipinski definition) is 1. The SMILES string of the molecule is CCN=C(NCC)S[C@H]1CC(=O)N(c2ccc(Cl)cc2)C1=O. The molecule has 1 saturated heterocycles. The molecule has 2 rings (SSSR count). The Morgan fingerprint density at radius 3 is 2.64 bits per heavy atom. The van der Waals surface area contributed by atoms with Gasteiger partial charge in [0.25, 0.3) is 0 Å². The van der Waals surface area contributed by atoms with Gasteiger partial charge in [-0.15, -0.1) is 0 Å². The van der Waals surface area contributed by atoms with Gasteiger partial charge in [0.1, 0.15) is 5.25 Å². The summed E-state index contributed by atoms with van der Waals surface area (Å²) in [5.41, 5.74) is 0.555. The number of hydrogen-bond acceptors (Lipinski definition) is 4. The van der Waals surface area contributed by atoms with E-state index in [9.17, 15) is 9.59 Å². The van der Waals surface area contributed by atoms with Gasteiger partial charge in [-0.05, 0) is 38.1 Å². The topological polar surface area (TPSA) is 61.8 Å². The molecule has 1 aromatic carbocycles. The standard InChI is InChI=1S/C15H18ClN3O2S/c1-3-17-15(18-4-2)22-12-9-13(20)19(14(12)21)11-7-5-10(16)6-8-11/h5-8,12H,3-4,9H2,1-2H3,(H,17,18)/t12-/m0/s1. The average Bonchev–Trinajstić information content (AvgIpc) is 2.75. The molecular formula is C15H18ClN3O2S. The first kappa shape index (κ1) is 16.8. The van der Waals surface area contributed by atoms with Crippen molar-refractivity contribution in [1.82, 2.24) is 5.32 Å². The second-order valence-electron chi connectivity index (χ2n) is 4.66. The number of aliphatic imine (C=N–C) groups is 1. The van der Waals surface area contributed by atoms with Crippen molar-refractivity contribution in [2.24, 2.45) is 4.99 Å². The first-order valence-corrected chi connectivity index (χ1v) is 8.39. The normalized spacial score (nSPS) is 19.0. The lowest BCUT2D eigenvalue weighted by Crippen LogP contribution is -2.32. The summed E-state index contributed by atoms with van der Waals surface area (Å²) in [6.07, 6.45) is 0.181. The molecule has 0 saturated carbocycles. The Morgan fingerprint density at radius 1 is 1.36 bits per heavy atom. The van der Waals surface area contributed by atoms with Gasteiger partial charge >= 0.3 is 0 Å². The van der Waals surface area contributed by atoms with E-state index in [-0.39, 0.29) is 18.2 Å². The fourth-order valence-corrected chi connectivity index (χ4v) is 3.38. The third-order valence-corrected chi connectivity index (χ3v) is 4.48. The minimum atomic E-state index is -0.437. The van der Waals surface area contributed by atoms with E-state index in [1.54, 1.807) is 24.3 Å². The van der Waals surface area contributed by atoms with E-state index in [1.165, 1.54) is 16.7 Å². The van der Waals surface area contributed by atoms with Crippen molar-refractivity contribution < 1.29 is 9.59 Å². The van der Waals surface area contributed by atoms with Crippen LogP contribution in [0.1, 0.15) is 20.3 Å². The second-order valence-corrected chi connectivity index (χ2v) is 6.29. The summed E-state index contributed by atoms with van der Waals surface area (Å²) in [4.78, 5) is 30.2. The lowest BCUT2D eigenvalue weighted by atomic mass is 10.3. The molecule has 0 unspecified atom stereocenters. The summed E-state index contributed by atoms with van der Waals surface area (Å²) in [7, 11) is 0. The van der Waals surface area contributed by atoms with Crippen LogP contribution in [0.25, 0.3) is 0 Å². The largest absolute Gasteiger partial charge is 0.365 e. The molecule has 1 aromatic rings. The summed E-state index contributed by atoms with van der Waals surface area (Å²) < 4.78 is 0. The van der Waals surface area contributed by atoms with Gasteiger partial charge < -0.3 is 5.32 Å². The number of imide groups is 1. The van der Waals surface area contributed by atoms with Gasteiger partial charge in [-0.25, -0.2) is 4.90 Å². The zero-order valence-corrected chi connectivity index (χ0v) is 14.1. The molecule has 0 spiro atoms. The van der Waals surface area contributed by atoms with Crippen LogP contribution in [-0.4, -0.2) is 35.3 Å². The maximum absolute atomic E-state index is 12.5. The van der Waals surface area contributed by atoms with Crippen LogP contribution in [0.2, 0.25) is 5.02 Å². The van der Waals surface area contributed by atoms with Crippen molar-refractivity contribution in [3.05, 3.63) is 29.3 Å². The van der Waals surface area contributed by atoms with E-state index < -0.39 is 5.25 Å². The van der Waals surface area contributed by atoms with Crippen molar-refractivity contribution in [3.63, 3.8) is 0 Å². The van der Waals surface area contributed by atoms with Crippen LogP contribution in [0.15, 0.2) is 29.3 Å². The Morgan fingerprint density at radius 2 is 2.05 bits per heavy atom. The van der Waals surface area contributed by atoms with Crippen LogP contribution in [0.3, 0.4) is 0 Å². The molecule has 7 heteroatoms. The van der Waals surface area contributed by atoms with Crippen LogP contribution in [0, 0.1) is 0 Å². The van der Waals surface area contributed by atoms with Gasteiger partial charge in [0.05, 0.1) is 5.69 Å². The van der Waals surface area contributed by atoms with Gasteiger partial charge in [0, 0.05) is 24.5 Å². The van der Waals surface area contributed by atoms with Crippen molar-refractivity contribution in [3.8, 4) is 0 Å². The highest BCUT2D eigenvalue weighted by Gasteiger charge is 2.40. The van der Waals surface area contributed by atoms with Crippen molar-refractivity contribution in [2.45, 2.75) is 25.5 Å². The van der Waals surface area contributed by atoms with Gasteiger partial charge in [-0.3, -0.25) is 14.6 Å². The molecule has 118 valence electrons. The quantitative estimate of drug-likeness (QED) is 0.520. The Hall–Kier alpha value is -1.53. The van der Waals surface area contributed by atoms with Crippen LogP contribution in [0.4, 0.5) is 5.69 Å². The number of amidine groups is 1. The zero-order chi connectivity index (χ0) is 16.1. The lowest BCUT2D eigenvalue weighted by molar-refractivity contribution is -0.121. The number of anilines is 1. The molecule has 0 bridgehead atoms. The summed E-state index contributed by atoms with van der Waals surface area (Å²) >= 11 is 7.16. The number of rotatable bonds is 4. The zero-order valence-electron chi connectivity index (χ0n) is 12.5. The molecule has 1 fully saturated rings. The fourth-order valence-electron chi connectivity index (χ4n) is 2.12. The summed E-state index contributed by atoms with van der Waals surface area (Å²) in [6.45, 7) is 5.25. The summed E-state index contributed by atoms with van der Waals surface area (Å²) in [5, 5.41) is 3.95.